The molecule has 172 valence electrons. The molecule has 4 nitrogen and oxygen atoms in total. The van der Waals surface area contributed by atoms with E-state index in [4.69, 9.17) is 0 Å². The van der Waals surface area contributed by atoms with E-state index < -0.39 is 5.60 Å². The van der Waals surface area contributed by atoms with Crippen LogP contribution in [0, 0.1) is 11.8 Å². The average Bonchev–Trinajstić information content (AvgIpc) is 3.38. The monoisotopic (exact) mass is 434 g/mol. The third-order valence-corrected chi connectivity index (χ3v) is 7.81. The standard InChI is InChI=1S/C28H38N2O2/c1-29(2)26(21-22-11-5-3-6-12-22)23-17-19-30(20-18-23)27(31)28(32,25-15-9-10-16-25)24-13-7-4-8-14-24/h3-8,11-14,23,25-26,32H,9-10,15-21H2,1-2H3. The van der Waals surface area contributed by atoms with Gasteiger partial charge >= 0.3 is 0 Å². The quantitative estimate of drug-likeness (QED) is 0.699. The molecular weight excluding hydrogens is 396 g/mol. The molecule has 1 aliphatic carbocycles. The predicted molar refractivity (Wildman–Crippen MR) is 129 cm³/mol. The Morgan fingerprint density at radius 1 is 0.969 bits per heavy atom. The van der Waals surface area contributed by atoms with Gasteiger partial charge in [0.05, 0.1) is 0 Å². The Hall–Kier alpha value is -2.17. The molecule has 2 aromatic carbocycles. The van der Waals surface area contributed by atoms with Gasteiger partial charge in [0.1, 0.15) is 0 Å². The molecule has 2 fully saturated rings. The highest BCUT2D eigenvalue weighted by Crippen LogP contribution is 2.42. The highest BCUT2D eigenvalue weighted by atomic mass is 16.3. The zero-order chi connectivity index (χ0) is 22.6. The molecule has 1 N–H and O–H groups in total. The molecule has 1 saturated carbocycles. The summed E-state index contributed by atoms with van der Waals surface area (Å²) in [6, 6.07) is 20.8. The summed E-state index contributed by atoms with van der Waals surface area (Å²) in [5.74, 6) is 0.479. The van der Waals surface area contributed by atoms with Gasteiger partial charge in [-0.3, -0.25) is 4.79 Å². The van der Waals surface area contributed by atoms with E-state index in [9.17, 15) is 9.90 Å². The lowest BCUT2D eigenvalue weighted by Crippen LogP contribution is -2.54. The van der Waals surface area contributed by atoms with Gasteiger partial charge in [-0.25, -0.2) is 0 Å². The van der Waals surface area contributed by atoms with Crippen molar-refractivity contribution in [2.75, 3.05) is 27.2 Å². The Labute approximate surface area is 193 Å². The van der Waals surface area contributed by atoms with Gasteiger partial charge in [0.15, 0.2) is 5.60 Å². The molecule has 4 heteroatoms. The molecule has 0 bridgehead atoms. The van der Waals surface area contributed by atoms with Crippen LogP contribution in [0.4, 0.5) is 0 Å². The van der Waals surface area contributed by atoms with Crippen molar-refractivity contribution in [1.29, 1.82) is 0 Å². The zero-order valence-corrected chi connectivity index (χ0v) is 19.6. The van der Waals surface area contributed by atoms with Crippen LogP contribution in [0.3, 0.4) is 0 Å². The third kappa shape index (κ3) is 4.77. The minimum Gasteiger partial charge on any atom is -0.375 e. The Bertz CT molecular complexity index is 856. The number of carbonyl (C=O) groups excluding carboxylic acids is 1. The Kier molecular flexibility index (Phi) is 7.32. The number of likely N-dealkylation sites (tertiary alicyclic amines) is 1. The number of nitrogens with zero attached hydrogens (tertiary/aromatic N) is 2. The van der Waals surface area contributed by atoms with Crippen molar-refractivity contribution in [2.45, 2.75) is 56.6 Å². The second-order valence-electron chi connectivity index (χ2n) is 9.96. The van der Waals surface area contributed by atoms with Crippen molar-refractivity contribution >= 4 is 5.91 Å². The summed E-state index contributed by atoms with van der Waals surface area (Å²) >= 11 is 0. The number of likely N-dealkylation sites (N-methyl/N-ethyl adjacent to an activating group) is 1. The van der Waals surface area contributed by atoms with Crippen LogP contribution in [0.1, 0.15) is 49.7 Å². The maximum absolute atomic E-state index is 13.8. The third-order valence-electron chi connectivity index (χ3n) is 7.81. The van der Waals surface area contributed by atoms with Crippen molar-refractivity contribution in [3.63, 3.8) is 0 Å². The highest BCUT2D eigenvalue weighted by molar-refractivity contribution is 5.87. The summed E-state index contributed by atoms with van der Waals surface area (Å²) in [5.41, 5.74) is 0.730. The minimum absolute atomic E-state index is 0.0164. The first-order valence-electron chi connectivity index (χ1n) is 12.3. The van der Waals surface area contributed by atoms with Gasteiger partial charge in [0, 0.05) is 25.0 Å². The lowest BCUT2D eigenvalue weighted by molar-refractivity contribution is -0.161. The fourth-order valence-electron chi connectivity index (χ4n) is 5.92. The fraction of sp³-hybridized carbons (Fsp3) is 0.536. The first-order valence-corrected chi connectivity index (χ1v) is 12.3. The number of rotatable bonds is 7. The molecule has 2 unspecified atom stereocenters. The topological polar surface area (TPSA) is 43.8 Å². The second kappa shape index (κ2) is 10.2. The summed E-state index contributed by atoms with van der Waals surface area (Å²) in [6.07, 6.45) is 7.04. The molecule has 1 heterocycles. The largest absolute Gasteiger partial charge is 0.375 e. The number of benzene rings is 2. The maximum Gasteiger partial charge on any atom is 0.259 e. The summed E-state index contributed by atoms with van der Waals surface area (Å²) in [6.45, 7) is 1.45. The number of aliphatic hydroxyl groups is 1. The van der Waals surface area contributed by atoms with Crippen molar-refractivity contribution in [1.82, 2.24) is 9.80 Å². The number of hydrogen-bond acceptors (Lipinski definition) is 3. The average molecular weight is 435 g/mol. The van der Waals surface area contributed by atoms with E-state index >= 15 is 0 Å². The van der Waals surface area contributed by atoms with E-state index in [1.165, 1.54) is 5.56 Å². The normalized spacial score (nSPS) is 20.9. The number of piperidine rings is 1. The zero-order valence-electron chi connectivity index (χ0n) is 19.6. The maximum atomic E-state index is 13.8. The van der Waals surface area contributed by atoms with E-state index in [0.29, 0.717) is 12.0 Å². The molecule has 0 spiro atoms. The fourth-order valence-corrected chi connectivity index (χ4v) is 5.92. The lowest BCUT2D eigenvalue weighted by atomic mass is 9.78. The second-order valence-corrected chi connectivity index (χ2v) is 9.96. The van der Waals surface area contributed by atoms with Crippen LogP contribution in [0.5, 0.6) is 0 Å². The van der Waals surface area contributed by atoms with Gasteiger partial charge in [-0.2, -0.15) is 0 Å². The van der Waals surface area contributed by atoms with E-state index in [0.717, 1.165) is 63.6 Å². The SMILES string of the molecule is CN(C)C(Cc1ccccc1)C1CCN(C(=O)C(O)(c2ccccc2)C2CCCC2)CC1. The lowest BCUT2D eigenvalue weighted by Gasteiger charge is -2.43. The first-order chi connectivity index (χ1) is 15.5. The molecule has 2 aliphatic rings. The molecule has 2 atom stereocenters. The van der Waals surface area contributed by atoms with Gasteiger partial charge in [-0.05, 0) is 63.2 Å². The molecule has 1 aliphatic heterocycles. The van der Waals surface area contributed by atoms with Crippen LogP contribution in [-0.2, 0) is 16.8 Å². The van der Waals surface area contributed by atoms with Gasteiger partial charge in [-0.15, -0.1) is 0 Å². The van der Waals surface area contributed by atoms with Crippen LogP contribution in [0.25, 0.3) is 0 Å². The number of amides is 1. The van der Waals surface area contributed by atoms with E-state index in [2.05, 4.69) is 49.3 Å². The first kappa shape index (κ1) is 23.0. The molecule has 0 aromatic heterocycles. The highest BCUT2D eigenvalue weighted by Gasteiger charge is 2.48. The van der Waals surface area contributed by atoms with E-state index in [-0.39, 0.29) is 11.8 Å². The smallest absolute Gasteiger partial charge is 0.259 e. The van der Waals surface area contributed by atoms with E-state index in [1.54, 1.807) is 0 Å². The van der Waals surface area contributed by atoms with Gasteiger partial charge in [0.25, 0.3) is 5.91 Å². The van der Waals surface area contributed by atoms with Crippen LogP contribution in [0.15, 0.2) is 60.7 Å². The summed E-state index contributed by atoms with van der Waals surface area (Å²) in [5, 5.41) is 11.9. The van der Waals surface area contributed by atoms with Crippen molar-refractivity contribution in [3.05, 3.63) is 71.8 Å². The Morgan fingerprint density at radius 3 is 2.09 bits per heavy atom. The predicted octanol–water partition coefficient (Wildman–Crippen LogP) is 4.48. The molecule has 1 amide bonds. The Balaban J connectivity index is 1.46. The van der Waals surface area contributed by atoms with Crippen LogP contribution >= 0.6 is 0 Å². The number of hydrogen-bond donors (Lipinski definition) is 1. The van der Waals surface area contributed by atoms with Crippen molar-refractivity contribution < 1.29 is 9.90 Å². The molecule has 32 heavy (non-hydrogen) atoms. The van der Waals surface area contributed by atoms with Crippen LogP contribution in [0.2, 0.25) is 0 Å². The van der Waals surface area contributed by atoms with Gasteiger partial charge < -0.3 is 14.9 Å². The molecule has 0 radical (unpaired) electrons. The van der Waals surface area contributed by atoms with E-state index in [1.807, 2.05) is 35.2 Å². The summed E-state index contributed by atoms with van der Waals surface area (Å²) in [7, 11) is 4.33. The summed E-state index contributed by atoms with van der Waals surface area (Å²) in [4.78, 5) is 18.1. The Morgan fingerprint density at radius 2 is 1.53 bits per heavy atom. The molecule has 1 saturated heterocycles. The van der Waals surface area contributed by atoms with Crippen molar-refractivity contribution in [3.8, 4) is 0 Å². The molecule has 4 rings (SSSR count). The van der Waals surface area contributed by atoms with Gasteiger partial charge in [0.2, 0.25) is 0 Å². The number of carbonyl (C=O) groups is 1. The summed E-state index contributed by atoms with van der Waals surface area (Å²) < 4.78 is 0. The molecule has 2 aromatic rings. The minimum atomic E-state index is -1.39. The molecular formula is C28H38N2O2. The van der Waals surface area contributed by atoms with Crippen molar-refractivity contribution in [2.24, 2.45) is 11.8 Å². The van der Waals surface area contributed by atoms with Crippen LogP contribution < -0.4 is 0 Å². The van der Waals surface area contributed by atoms with Gasteiger partial charge in [-0.1, -0.05) is 73.5 Å². The van der Waals surface area contributed by atoms with Crippen LogP contribution in [-0.4, -0.2) is 54.0 Å².